The first-order valence-corrected chi connectivity index (χ1v) is 7.28. The zero-order valence-corrected chi connectivity index (χ0v) is 11.6. The standard InChI is InChI=1S/C15H20N4O/c20-15(16-8-5-11-19-9-3-4-10-19)14-12-6-1-2-7-13(12)17-18-14/h1-2,6-7H,3-5,8-11H2,(H,16,20)(H,17,18). The van der Waals surface area contributed by atoms with E-state index in [2.05, 4.69) is 20.4 Å². The number of hydrogen-bond acceptors (Lipinski definition) is 3. The number of fused-ring (bicyclic) bond motifs is 1. The van der Waals surface area contributed by atoms with Crippen LogP contribution in [0.3, 0.4) is 0 Å². The molecule has 20 heavy (non-hydrogen) atoms. The minimum atomic E-state index is -0.0936. The Hall–Kier alpha value is -1.88. The first-order valence-electron chi connectivity index (χ1n) is 7.28. The van der Waals surface area contributed by atoms with Gasteiger partial charge in [-0.15, -0.1) is 0 Å². The maximum atomic E-state index is 12.1. The molecule has 0 aliphatic carbocycles. The first kappa shape index (κ1) is 13.1. The Kier molecular flexibility index (Phi) is 3.97. The molecule has 0 radical (unpaired) electrons. The fourth-order valence-corrected chi connectivity index (χ4v) is 2.73. The molecule has 1 aromatic heterocycles. The van der Waals surface area contributed by atoms with Gasteiger partial charge in [-0.05, 0) is 45.0 Å². The second-order valence-electron chi connectivity index (χ2n) is 5.28. The molecule has 0 bridgehead atoms. The number of para-hydroxylation sites is 1. The fourth-order valence-electron chi connectivity index (χ4n) is 2.73. The zero-order valence-electron chi connectivity index (χ0n) is 11.6. The van der Waals surface area contributed by atoms with E-state index in [9.17, 15) is 4.79 Å². The van der Waals surface area contributed by atoms with Crippen LogP contribution in [0.2, 0.25) is 0 Å². The smallest absolute Gasteiger partial charge is 0.272 e. The Labute approximate surface area is 118 Å². The molecule has 5 heteroatoms. The lowest BCUT2D eigenvalue weighted by Gasteiger charge is -2.14. The van der Waals surface area contributed by atoms with Gasteiger partial charge in [0.05, 0.1) is 5.52 Å². The van der Waals surface area contributed by atoms with Crippen LogP contribution in [0, 0.1) is 0 Å². The van der Waals surface area contributed by atoms with E-state index in [1.54, 1.807) is 0 Å². The number of carbonyl (C=O) groups excluding carboxylic acids is 1. The molecule has 1 fully saturated rings. The molecular weight excluding hydrogens is 252 g/mol. The van der Waals surface area contributed by atoms with Gasteiger partial charge in [0, 0.05) is 11.9 Å². The van der Waals surface area contributed by atoms with Crippen LogP contribution in [0.1, 0.15) is 29.8 Å². The molecule has 0 spiro atoms. The topological polar surface area (TPSA) is 61.0 Å². The molecule has 1 amide bonds. The summed E-state index contributed by atoms with van der Waals surface area (Å²) in [4.78, 5) is 14.6. The number of amides is 1. The molecule has 0 unspecified atom stereocenters. The van der Waals surface area contributed by atoms with Crippen molar-refractivity contribution in [2.45, 2.75) is 19.3 Å². The van der Waals surface area contributed by atoms with Gasteiger partial charge >= 0.3 is 0 Å². The van der Waals surface area contributed by atoms with Crippen LogP contribution in [0.4, 0.5) is 0 Å². The van der Waals surface area contributed by atoms with Gasteiger partial charge in [0.15, 0.2) is 5.69 Å². The van der Waals surface area contributed by atoms with E-state index < -0.39 is 0 Å². The van der Waals surface area contributed by atoms with Crippen molar-refractivity contribution in [2.24, 2.45) is 0 Å². The molecule has 2 aromatic rings. The van der Waals surface area contributed by atoms with Crippen LogP contribution >= 0.6 is 0 Å². The molecule has 1 saturated heterocycles. The highest BCUT2D eigenvalue weighted by Gasteiger charge is 2.14. The molecule has 0 atom stereocenters. The number of nitrogens with one attached hydrogen (secondary N) is 2. The monoisotopic (exact) mass is 272 g/mol. The van der Waals surface area contributed by atoms with Crippen molar-refractivity contribution in [3.63, 3.8) is 0 Å². The Morgan fingerprint density at radius 3 is 2.95 bits per heavy atom. The lowest BCUT2D eigenvalue weighted by Crippen LogP contribution is -2.28. The van der Waals surface area contributed by atoms with Gasteiger partial charge in [-0.25, -0.2) is 0 Å². The Bertz CT molecular complexity index is 586. The average molecular weight is 272 g/mol. The summed E-state index contributed by atoms with van der Waals surface area (Å²) in [6, 6.07) is 7.69. The lowest BCUT2D eigenvalue weighted by atomic mass is 10.2. The SMILES string of the molecule is O=C(NCCCN1CCCC1)c1n[nH]c2ccccc12. The number of H-pyrrole nitrogens is 1. The summed E-state index contributed by atoms with van der Waals surface area (Å²) in [7, 11) is 0. The van der Waals surface area contributed by atoms with Crippen molar-refractivity contribution >= 4 is 16.8 Å². The molecule has 0 saturated carbocycles. The summed E-state index contributed by atoms with van der Waals surface area (Å²) in [5, 5.41) is 10.8. The Balaban J connectivity index is 1.51. The van der Waals surface area contributed by atoms with E-state index in [4.69, 9.17) is 0 Å². The zero-order chi connectivity index (χ0) is 13.8. The van der Waals surface area contributed by atoms with Crippen LogP contribution in [-0.4, -0.2) is 47.2 Å². The molecule has 3 rings (SSSR count). The molecular formula is C15H20N4O. The van der Waals surface area contributed by atoms with Crippen molar-refractivity contribution in [3.05, 3.63) is 30.0 Å². The highest BCUT2D eigenvalue weighted by atomic mass is 16.1. The molecule has 5 nitrogen and oxygen atoms in total. The van der Waals surface area contributed by atoms with E-state index >= 15 is 0 Å². The summed E-state index contributed by atoms with van der Waals surface area (Å²) >= 11 is 0. The van der Waals surface area contributed by atoms with Gasteiger partial charge in [-0.2, -0.15) is 5.10 Å². The van der Waals surface area contributed by atoms with E-state index in [0.717, 1.165) is 23.9 Å². The van der Waals surface area contributed by atoms with E-state index in [0.29, 0.717) is 12.2 Å². The van der Waals surface area contributed by atoms with Crippen LogP contribution < -0.4 is 5.32 Å². The summed E-state index contributed by atoms with van der Waals surface area (Å²) in [5.74, 6) is -0.0936. The predicted octanol–water partition coefficient (Wildman–Crippen LogP) is 1.78. The number of likely N-dealkylation sites (tertiary alicyclic amines) is 1. The molecule has 106 valence electrons. The third-order valence-corrected chi connectivity index (χ3v) is 3.82. The fraction of sp³-hybridized carbons (Fsp3) is 0.467. The molecule has 1 aromatic carbocycles. The van der Waals surface area contributed by atoms with Gasteiger partial charge in [-0.3, -0.25) is 9.89 Å². The van der Waals surface area contributed by atoms with Gasteiger partial charge < -0.3 is 10.2 Å². The molecule has 1 aliphatic heterocycles. The van der Waals surface area contributed by atoms with Crippen LogP contribution in [0.5, 0.6) is 0 Å². The number of rotatable bonds is 5. The van der Waals surface area contributed by atoms with Crippen molar-refractivity contribution in [2.75, 3.05) is 26.2 Å². The molecule has 2 heterocycles. The van der Waals surface area contributed by atoms with Gasteiger partial charge in [0.25, 0.3) is 5.91 Å². The normalized spacial score (nSPS) is 15.8. The minimum absolute atomic E-state index is 0.0936. The maximum Gasteiger partial charge on any atom is 0.272 e. The van der Waals surface area contributed by atoms with Crippen LogP contribution in [0.25, 0.3) is 10.9 Å². The summed E-state index contributed by atoms with van der Waals surface area (Å²) in [6.45, 7) is 4.19. The Morgan fingerprint density at radius 1 is 1.30 bits per heavy atom. The third kappa shape index (κ3) is 2.82. The van der Waals surface area contributed by atoms with Crippen LogP contribution in [-0.2, 0) is 0 Å². The highest BCUT2D eigenvalue weighted by molar-refractivity contribution is 6.04. The molecule has 1 aliphatic rings. The van der Waals surface area contributed by atoms with E-state index in [1.807, 2.05) is 24.3 Å². The number of nitrogens with zero attached hydrogens (tertiary/aromatic N) is 2. The summed E-state index contributed by atoms with van der Waals surface area (Å²) < 4.78 is 0. The predicted molar refractivity (Wildman–Crippen MR) is 78.7 cm³/mol. The third-order valence-electron chi connectivity index (χ3n) is 3.82. The Morgan fingerprint density at radius 2 is 2.10 bits per heavy atom. The second kappa shape index (κ2) is 6.05. The van der Waals surface area contributed by atoms with Crippen LogP contribution in [0.15, 0.2) is 24.3 Å². The quantitative estimate of drug-likeness (QED) is 0.816. The van der Waals surface area contributed by atoms with Crippen molar-refractivity contribution in [1.82, 2.24) is 20.4 Å². The summed E-state index contributed by atoms with van der Waals surface area (Å²) in [5.41, 5.74) is 1.39. The minimum Gasteiger partial charge on any atom is -0.351 e. The lowest BCUT2D eigenvalue weighted by molar-refractivity contribution is 0.0948. The first-order chi connectivity index (χ1) is 9.84. The largest absolute Gasteiger partial charge is 0.351 e. The maximum absolute atomic E-state index is 12.1. The van der Waals surface area contributed by atoms with Crippen molar-refractivity contribution in [1.29, 1.82) is 0 Å². The molecule has 2 N–H and O–H groups in total. The van der Waals surface area contributed by atoms with Gasteiger partial charge in [-0.1, -0.05) is 18.2 Å². The van der Waals surface area contributed by atoms with Crippen molar-refractivity contribution < 1.29 is 4.79 Å². The number of aromatic amines is 1. The van der Waals surface area contributed by atoms with Crippen molar-refractivity contribution in [3.8, 4) is 0 Å². The van der Waals surface area contributed by atoms with Gasteiger partial charge in [0.1, 0.15) is 0 Å². The number of carbonyl (C=O) groups is 1. The number of benzene rings is 1. The van der Waals surface area contributed by atoms with Gasteiger partial charge in [0.2, 0.25) is 0 Å². The van der Waals surface area contributed by atoms with E-state index in [1.165, 1.54) is 25.9 Å². The second-order valence-corrected chi connectivity index (χ2v) is 5.28. The van der Waals surface area contributed by atoms with E-state index in [-0.39, 0.29) is 5.91 Å². The summed E-state index contributed by atoms with van der Waals surface area (Å²) in [6.07, 6.45) is 3.62. The average Bonchev–Trinajstić information content (AvgIpc) is 3.12. The number of hydrogen-bond donors (Lipinski definition) is 2. The number of aromatic nitrogens is 2. The highest BCUT2D eigenvalue weighted by Crippen LogP contribution is 2.14.